The molecule has 0 aliphatic rings. The monoisotopic (exact) mass is 237 g/mol. The SMILES string of the molecule is NCC#Cc1cnc(-n2c(=O)[nH][nH]c2=O)s1. The second-order valence-corrected chi connectivity index (χ2v) is 3.72. The third kappa shape index (κ3) is 1.81. The molecule has 0 spiro atoms. The van der Waals surface area contributed by atoms with E-state index in [4.69, 9.17) is 5.73 Å². The maximum absolute atomic E-state index is 11.3. The van der Waals surface area contributed by atoms with Gasteiger partial charge < -0.3 is 5.73 Å². The first-order valence-corrected chi connectivity index (χ1v) is 5.09. The molecule has 2 heterocycles. The third-order valence-electron chi connectivity index (χ3n) is 1.68. The molecule has 4 N–H and O–H groups in total. The number of nitrogens with one attached hydrogen (secondary N) is 2. The van der Waals surface area contributed by atoms with E-state index in [1.54, 1.807) is 0 Å². The first-order valence-electron chi connectivity index (χ1n) is 4.27. The molecule has 0 unspecified atom stereocenters. The fraction of sp³-hybridized carbons (Fsp3) is 0.125. The third-order valence-corrected chi connectivity index (χ3v) is 2.58. The predicted molar refractivity (Wildman–Crippen MR) is 58.6 cm³/mol. The van der Waals surface area contributed by atoms with Crippen LogP contribution in [-0.2, 0) is 0 Å². The van der Waals surface area contributed by atoms with E-state index in [2.05, 4.69) is 27.0 Å². The largest absolute Gasteiger partial charge is 0.350 e. The van der Waals surface area contributed by atoms with Crippen molar-refractivity contribution in [3.63, 3.8) is 0 Å². The van der Waals surface area contributed by atoms with E-state index >= 15 is 0 Å². The van der Waals surface area contributed by atoms with Crippen LogP contribution in [0.2, 0.25) is 0 Å². The lowest BCUT2D eigenvalue weighted by Gasteiger charge is -1.87. The molecule has 16 heavy (non-hydrogen) atoms. The Morgan fingerprint density at radius 1 is 1.44 bits per heavy atom. The zero-order valence-electron chi connectivity index (χ0n) is 7.98. The lowest BCUT2D eigenvalue weighted by molar-refractivity contribution is 0.936. The molecule has 82 valence electrons. The van der Waals surface area contributed by atoms with Gasteiger partial charge in [-0.25, -0.2) is 24.8 Å². The molecule has 0 saturated carbocycles. The summed E-state index contributed by atoms with van der Waals surface area (Å²) in [4.78, 5) is 27.1. The van der Waals surface area contributed by atoms with E-state index in [1.807, 2.05) is 0 Å². The second kappa shape index (κ2) is 4.18. The van der Waals surface area contributed by atoms with Crippen molar-refractivity contribution >= 4 is 11.3 Å². The molecule has 2 rings (SSSR count). The number of hydrogen-bond acceptors (Lipinski definition) is 5. The van der Waals surface area contributed by atoms with Crippen LogP contribution in [0.4, 0.5) is 0 Å². The van der Waals surface area contributed by atoms with E-state index in [1.165, 1.54) is 6.20 Å². The smallest absolute Gasteiger partial charge is 0.320 e. The molecule has 0 radical (unpaired) electrons. The number of aromatic nitrogens is 4. The summed E-state index contributed by atoms with van der Waals surface area (Å²) in [6, 6.07) is 0. The highest BCUT2D eigenvalue weighted by atomic mass is 32.1. The van der Waals surface area contributed by atoms with Gasteiger partial charge in [-0.05, 0) is 0 Å². The fourth-order valence-corrected chi connectivity index (χ4v) is 1.84. The van der Waals surface area contributed by atoms with Gasteiger partial charge >= 0.3 is 11.4 Å². The van der Waals surface area contributed by atoms with Crippen LogP contribution in [0, 0.1) is 11.8 Å². The topological polar surface area (TPSA) is 110 Å². The highest BCUT2D eigenvalue weighted by molar-refractivity contribution is 7.14. The molecule has 0 aromatic carbocycles. The average Bonchev–Trinajstić information content (AvgIpc) is 2.83. The van der Waals surface area contributed by atoms with Crippen molar-refractivity contribution in [2.75, 3.05) is 6.54 Å². The fourth-order valence-electron chi connectivity index (χ4n) is 1.05. The Morgan fingerprint density at radius 3 is 2.75 bits per heavy atom. The van der Waals surface area contributed by atoms with Crippen LogP contribution >= 0.6 is 11.3 Å². The first-order chi connectivity index (χ1) is 7.72. The number of hydrogen-bond donors (Lipinski definition) is 3. The molecule has 0 bridgehead atoms. The maximum atomic E-state index is 11.3. The summed E-state index contributed by atoms with van der Waals surface area (Å²) in [5, 5.41) is 4.61. The Balaban J connectivity index is 2.47. The van der Waals surface area contributed by atoms with Gasteiger partial charge in [0.1, 0.15) is 0 Å². The van der Waals surface area contributed by atoms with Crippen LogP contribution in [0.15, 0.2) is 15.8 Å². The van der Waals surface area contributed by atoms with Gasteiger partial charge in [0.25, 0.3) is 0 Å². The number of rotatable bonds is 1. The summed E-state index contributed by atoms with van der Waals surface area (Å²) in [6.07, 6.45) is 1.49. The number of nitrogens with two attached hydrogens (primary N) is 1. The van der Waals surface area contributed by atoms with Gasteiger partial charge in [0.2, 0.25) is 5.13 Å². The Kier molecular flexibility index (Phi) is 2.72. The van der Waals surface area contributed by atoms with Gasteiger partial charge in [-0.2, -0.15) is 4.57 Å². The van der Waals surface area contributed by atoms with Crippen LogP contribution in [0.1, 0.15) is 4.88 Å². The Bertz CT molecular complexity index is 637. The average molecular weight is 237 g/mol. The van der Waals surface area contributed by atoms with Crippen LogP contribution in [0.25, 0.3) is 5.13 Å². The highest BCUT2D eigenvalue weighted by Gasteiger charge is 2.09. The summed E-state index contributed by atoms with van der Waals surface area (Å²) in [5.41, 5.74) is 4.11. The normalized spacial score (nSPS) is 9.81. The molecular formula is C8H7N5O2S. The van der Waals surface area contributed by atoms with Crippen molar-refractivity contribution in [3.8, 4) is 17.0 Å². The van der Waals surface area contributed by atoms with Gasteiger partial charge in [0.15, 0.2) is 0 Å². The van der Waals surface area contributed by atoms with Crippen LogP contribution in [0.3, 0.4) is 0 Å². The van der Waals surface area contributed by atoms with Crippen molar-refractivity contribution in [1.82, 2.24) is 19.7 Å². The summed E-state index contributed by atoms with van der Waals surface area (Å²) in [5.74, 6) is 5.43. The van der Waals surface area contributed by atoms with Crippen LogP contribution in [0.5, 0.6) is 0 Å². The maximum Gasteiger partial charge on any atom is 0.350 e. The molecule has 0 aliphatic heterocycles. The Labute approximate surface area is 92.9 Å². The van der Waals surface area contributed by atoms with Crippen molar-refractivity contribution in [3.05, 3.63) is 32.0 Å². The molecular weight excluding hydrogens is 230 g/mol. The van der Waals surface area contributed by atoms with E-state index in [9.17, 15) is 9.59 Å². The molecule has 2 aromatic rings. The zero-order chi connectivity index (χ0) is 11.5. The van der Waals surface area contributed by atoms with Gasteiger partial charge in [0, 0.05) is 0 Å². The molecule has 7 nitrogen and oxygen atoms in total. The minimum absolute atomic E-state index is 0.248. The lowest BCUT2D eigenvalue weighted by Crippen LogP contribution is -2.24. The standard InChI is InChI=1S/C8H7N5O2S/c9-3-1-2-5-4-10-8(16-5)13-6(14)11-12-7(13)15/h4H,3,9H2,(H,11,14)(H,12,15). The Hall–Kier alpha value is -2.11. The van der Waals surface area contributed by atoms with E-state index < -0.39 is 11.4 Å². The quantitative estimate of drug-likeness (QED) is 0.531. The van der Waals surface area contributed by atoms with Crippen LogP contribution in [-0.4, -0.2) is 26.3 Å². The summed E-state index contributed by atoms with van der Waals surface area (Å²) in [6.45, 7) is 0.248. The summed E-state index contributed by atoms with van der Waals surface area (Å²) < 4.78 is 0.901. The molecule has 0 atom stereocenters. The highest BCUT2D eigenvalue weighted by Crippen LogP contribution is 2.12. The van der Waals surface area contributed by atoms with E-state index in [0.29, 0.717) is 4.88 Å². The van der Waals surface area contributed by atoms with Gasteiger partial charge in [0.05, 0.1) is 17.6 Å². The molecule has 0 saturated heterocycles. The van der Waals surface area contributed by atoms with Gasteiger partial charge in [-0.15, -0.1) is 0 Å². The zero-order valence-corrected chi connectivity index (χ0v) is 8.80. The Morgan fingerprint density at radius 2 is 2.12 bits per heavy atom. The summed E-state index contributed by atoms with van der Waals surface area (Å²) >= 11 is 1.14. The van der Waals surface area contributed by atoms with Crippen molar-refractivity contribution in [1.29, 1.82) is 0 Å². The molecule has 8 heteroatoms. The van der Waals surface area contributed by atoms with E-state index in [-0.39, 0.29) is 11.7 Å². The number of aromatic amines is 2. The van der Waals surface area contributed by atoms with Crippen molar-refractivity contribution in [2.45, 2.75) is 0 Å². The van der Waals surface area contributed by atoms with Gasteiger partial charge in [-0.3, -0.25) is 0 Å². The van der Waals surface area contributed by atoms with Crippen molar-refractivity contribution < 1.29 is 0 Å². The lowest BCUT2D eigenvalue weighted by atomic mass is 10.5. The second-order valence-electron chi connectivity index (χ2n) is 2.71. The molecule has 0 fully saturated rings. The van der Waals surface area contributed by atoms with Crippen molar-refractivity contribution in [2.24, 2.45) is 5.73 Å². The van der Waals surface area contributed by atoms with E-state index in [0.717, 1.165) is 15.9 Å². The first kappa shape index (κ1) is 10.4. The number of H-pyrrole nitrogens is 2. The number of nitrogens with zero attached hydrogens (tertiary/aromatic N) is 2. The number of thiazole rings is 1. The summed E-state index contributed by atoms with van der Waals surface area (Å²) in [7, 11) is 0. The molecule has 2 aromatic heterocycles. The van der Waals surface area contributed by atoms with Gasteiger partial charge in [-0.1, -0.05) is 23.2 Å². The predicted octanol–water partition coefficient (Wildman–Crippen LogP) is -1.38. The molecule has 0 amide bonds. The molecule has 0 aliphatic carbocycles. The minimum Gasteiger partial charge on any atom is -0.320 e. The minimum atomic E-state index is -0.558. The van der Waals surface area contributed by atoms with Crippen LogP contribution < -0.4 is 17.1 Å².